The fraction of sp³-hybridized carbons (Fsp3) is 0.923. The van der Waals surface area contributed by atoms with Crippen molar-refractivity contribution in [2.75, 3.05) is 40.5 Å². The van der Waals surface area contributed by atoms with Crippen LogP contribution in [0.5, 0.6) is 0 Å². The van der Waals surface area contributed by atoms with E-state index in [-0.39, 0.29) is 5.97 Å². The van der Waals surface area contributed by atoms with E-state index in [0.717, 1.165) is 26.2 Å². The molecular weight excluding hydrogens is 232 g/mol. The number of esters is 1. The molecule has 0 aliphatic carbocycles. The molecule has 1 aliphatic rings. The summed E-state index contributed by atoms with van der Waals surface area (Å²) in [6.45, 7) is 5.49. The summed E-state index contributed by atoms with van der Waals surface area (Å²) in [5.74, 6) is 0.263. The van der Waals surface area contributed by atoms with Crippen LogP contribution in [0, 0.1) is 5.92 Å². The summed E-state index contributed by atoms with van der Waals surface area (Å²) in [4.78, 5) is 13.8. The Hall–Kier alpha value is -0.650. The Morgan fingerprint density at radius 2 is 2.22 bits per heavy atom. The minimum atomic E-state index is -0.886. The van der Waals surface area contributed by atoms with Gasteiger partial charge in [0.1, 0.15) is 5.54 Å². The first kappa shape index (κ1) is 15.4. The highest BCUT2D eigenvalue weighted by Crippen LogP contribution is 2.18. The van der Waals surface area contributed by atoms with Gasteiger partial charge in [0.25, 0.3) is 0 Å². The van der Waals surface area contributed by atoms with Gasteiger partial charge in [-0.15, -0.1) is 0 Å². The quantitative estimate of drug-likeness (QED) is 0.708. The third-order valence-electron chi connectivity index (χ3n) is 3.60. The third kappa shape index (κ3) is 4.55. The SMILES string of the molecule is COCC1CCCN(CCC(C)(N)C(=O)OC)C1. The number of ether oxygens (including phenoxy) is 2. The molecule has 0 spiro atoms. The molecule has 0 aromatic heterocycles. The Bertz CT molecular complexity index is 267. The van der Waals surface area contributed by atoms with Gasteiger partial charge in [-0.25, -0.2) is 0 Å². The molecular formula is C13H26N2O3. The Kier molecular flexibility index (Phi) is 6.05. The molecule has 0 radical (unpaired) electrons. The molecule has 0 bridgehead atoms. The van der Waals surface area contributed by atoms with E-state index in [1.165, 1.54) is 20.0 Å². The molecule has 1 fully saturated rings. The van der Waals surface area contributed by atoms with Gasteiger partial charge in [0.2, 0.25) is 0 Å². The molecule has 18 heavy (non-hydrogen) atoms. The first-order valence-electron chi connectivity index (χ1n) is 6.58. The molecule has 1 heterocycles. The van der Waals surface area contributed by atoms with Crippen LogP contribution in [0.3, 0.4) is 0 Å². The number of piperidine rings is 1. The van der Waals surface area contributed by atoms with Gasteiger partial charge in [0.05, 0.1) is 13.7 Å². The molecule has 1 aliphatic heterocycles. The minimum absolute atomic E-state index is 0.340. The van der Waals surface area contributed by atoms with Crippen molar-refractivity contribution in [1.29, 1.82) is 0 Å². The lowest BCUT2D eigenvalue weighted by Gasteiger charge is -2.34. The number of hydrogen-bond acceptors (Lipinski definition) is 5. The predicted molar refractivity (Wildman–Crippen MR) is 70.3 cm³/mol. The maximum atomic E-state index is 11.5. The van der Waals surface area contributed by atoms with E-state index in [4.69, 9.17) is 15.2 Å². The summed E-state index contributed by atoms with van der Waals surface area (Å²) in [6, 6.07) is 0. The van der Waals surface area contributed by atoms with Crippen LogP contribution in [0.1, 0.15) is 26.2 Å². The van der Waals surface area contributed by atoms with Crippen LogP contribution in [0.25, 0.3) is 0 Å². The van der Waals surface area contributed by atoms with Crippen molar-refractivity contribution in [1.82, 2.24) is 4.90 Å². The lowest BCUT2D eigenvalue weighted by atomic mass is 9.96. The van der Waals surface area contributed by atoms with Crippen LogP contribution in [0.15, 0.2) is 0 Å². The average molecular weight is 258 g/mol. The third-order valence-corrected chi connectivity index (χ3v) is 3.60. The fourth-order valence-corrected chi connectivity index (χ4v) is 2.45. The average Bonchev–Trinajstić information content (AvgIpc) is 2.36. The van der Waals surface area contributed by atoms with Crippen LogP contribution in [0.2, 0.25) is 0 Å². The zero-order valence-electron chi connectivity index (χ0n) is 11.8. The Morgan fingerprint density at radius 1 is 1.50 bits per heavy atom. The standard InChI is InChI=1S/C13H26N2O3/c1-13(14,12(16)18-3)6-8-15-7-4-5-11(9-15)10-17-2/h11H,4-10,14H2,1-3H3. The smallest absolute Gasteiger partial charge is 0.325 e. The van der Waals surface area contributed by atoms with Crippen LogP contribution in [-0.4, -0.2) is 56.9 Å². The van der Waals surface area contributed by atoms with E-state index in [2.05, 4.69) is 4.90 Å². The highest BCUT2D eigenvalue weighted by molar-refractivity contribution is 5.79. The highest BCUT2D eigenvalue weighted by atomic mass is 16.5. The second kappa shape index (κ2) is 7.07. The molecule has 0 aromatic carbocycles. The molecule has 2 unspecified atom stereocenters. The zero-order chi connectivity index (χ0) is 13.6. The molecule has 5 heteroatoms. The van der Waals surface area contributed by atoms with Gasteiger partial charge in [-0.2, -0.15) is 0 Å². The van der Waals surface area contributed by atoms with Crippen molar-refractivity contribution in [3.8, 4) is 0 Å². The lowest BCUT2D eigenvalue weighted by Crippen LogP contribution is -2.49. The van der Waals surface area contributed by atoms with E-state index < -0.39 is 5.54 Å². The minimum Gasteiger partial charge on any atom is -0.468 e. The van der Waals surface area contributed by atoms with Crippen molar-refractivity contribution in [3.63, 3.8) is 0 Å². The topological polar surface area (TPSA) is 64.8 Å². The van der Waals surface area contributed by atoms with Gasteiger partial charge in [0.15, 0.2) is 0 Å². The molecule has 1 saturated heterocycles. The van der Waals surface area contributed by atoms with Gasteiger partial charge in [-0.3, -0.25) is 4.79 Å². The summed E-state index contributed by atoms with van der Waals surface area (Å²) in [7, 11) is 3.12. The van der Waals surface area contributed by atoms with Crippen molar-refractivity contribution in [3.05, 3.63) is 0 Å². The first-order chi connectivity index (χ1) is 8.49. The summed E-state index contributed by atoms with van der Waals surface area (Å²) in [5, 5.41) is 0. The van der Waals surface area contributed by atoms with Crippen LogP contribution in [0.4, 0.5) is 0 Å². The summed E-state index contributed by atoms with van der Waals surface area (Å²) in [5.41, 5.74) is 5.07. The van der Waals surface area contributed by atoms with E-state index in [0.29, 0.717) is 12.3 Å². The van der Waals surface area contributed by atoms with Gasteiger partial charge in [-0.05, 0) is 38.6 Å². The Labute approximate surface area is 110 Å². The molecule has 106 valence electrons. The largest absolute Gasteiger partial charge is 0.468 e. The van der Waals surface area contributed by atoms with Gasteiger partial charge in [-0.1, -0.05) is 0 Å². The fourth-order valence-electron chi connectivity index (χ4n) is 2.45. The van der Waals surface area contributed by atoms with Crippen LogP contribution in [-0.2, 0) is 14.3 Å². The second-order valence-electron chi connectivity index (χ2n) is 5.42. The molecule has 1 rings (SSSR count). The summed E-state index contributed by atoms with van der Waals surface area (Å²) >= 11 is 0. The highest BCUT2D eigenvalue weighted by Gasteiger charge is 2.30. The molecule has 0 aromatic rings. The van der Waals surface area contributed by atoms with Crippen molar-refractivity contribution in [2.24, 2.45) is 11.7 Å². The number of methoxy groups -OCH3 is 2. The van der Waals surface area contributed by atoms with E-state index in [9.17, 15) is 4.79 Å². The van der Waals surface area contributed by atoms with Gasteiger partial charge in [0, 0.05) is 20.2 Å². The van der Waals surface area contributed by atoms with Gasteiger partial charge < -0.3 is 20.1 Å². The van der Waals surface area contributed by atoms with Gasteiger partial charge >= 0.3 is 5.97 Å². The number of carbonyl (C=O) groups is 1. The van der Waals surface area contributed by atoms with Crippen LogP contribution >= 0.6 is 0 Å². The molecule has 0 amide bonds. The zero-order valence-corrected chi connectivity index (χ0v) is 11.8. The predicted octanol–water partition coefficient (Wildman–Crippen LogP) is 0.625. The van der Waals surface area contributed by atoms with E-state index in [1.807, 2.05) is 0 Å². The second-order valence-corrected chi connectivity index (χ2v) is 5.42. The molecule has 2 N–H and O–H groups in total. The molecule has 0 saturated carbocycles. The number of nitrogens with zero attached hydrogens (tertiary/aromatic N) is 1. The summed E-state index contributed by atoms with van der Waals surface area (Å²) in [6.07, 6.45) is 3.04. The number of nitrogens with two attached hydrogens (primary N) is 1. The van der Waals surface area contributed by atoms with Crippen molar-refractivity contribution >= 4 is 5.97 Å². The Morgan fingerprint density at radius 3 is 2.83 bits per heavy atom. The number of hydrogen-bond donors (Lipinski definition) is 1. The summed E-state index contributed by atoms with van der Waals surface area (Å²) < 4.78 is 9.92. The lowest BCUT2D eigenvalue weighted by molar-refractivity contribution is -0.146. The normalized spacial score (nSPS) is 24.6. The maximum absolute atomic E-state index is 11.5. The number of likely N-dealkylation sites (tertiary alicyclic amines) is 1. The maximum Gasteiger partial charge on any atom is 0.325 e. The molecule has 5 nitrogen and oxygen atoms in total. The van der Waals surface area contributed by atoms with E-state index in [1.54, 1.807) is 14.0 Å². The Balaban J connectivity index is 2.36. The van der Waals surface area contributed by atoms with E-state index >= 15 is 0 Å². The number of carbonyl (C=O) groups excluding carboxylic acids is 1. The van der Waals surface area contributed by atoms with Crippen LogP contribution < -0.4 is 5.73 Å². The first-order valence-corrected chi connectivity index (χ1v) is 6.58. The van der Waals surface area contributed by atoms with Crippen molar-refractivity contribution in [2.45, 2.75) is 31.7 Å². The monoisotopic (exact) mass is 258 g/mol. The molecule has 2 atom stereocenters. The number of rotatable bonds is 6. The van der Waals surface area contributed by atoms with Crippen molar-refractivity contribution < 1.29 is 14.3 Å².